The third-order valence-electron chi connectivity index (χ3n) is 5.06. The zero-order chi connectivity index (χ0) is 21.4. The lowest BCUT2D eigenvalue weighted by atomic mass is 10.1. The highest BCUT2D eigenvalue weighted by molar-refractivity contribution is 6.30. The maximum Gasteiger partial charge on any atom is 0.301 e. The first-order valence-corrected chi connectivity index (χ1v) is 10.5. The van der Waals surface area contributed by atoms with Crippen molar-refractivity contribution >= 4 is 34.4 Å². The Bertz CT molecular complexity index is 1420. The van der Waals surface area contributed by atoms with Crippen LogP contribution in [0.15, 0.2) is 90.0 Å². The molecule has 0 saturated carbocycles. The number of imidazole rings is 1. The molecule has 3 aromatic carbocycles. The molecule has 0 spiro atoms. The number of benzene rings is 3. The number of hydrogen-bond acceptors (Lipinski definition) is 3. The van der Waals surface area contributed by atoms with E-state index >= 15 is 0 Å². The summed E-state index contributed by atoms with van der Waals surface area (Å²) in [6, 6.07) is 24.9. The summed E-state index contributed by atoms with van der Waals surface area (Å²) in [5.41, 5.74) is 4.03. The zero-order valence-corrected chi connectivity index (χ0v) is 17.8. The molecule has 0 bridgehead atoms. The van der Waals surface area contributed by atoms with Gasteiger partial charge in [0.1, 0.15) is 12.2 Å². The standard InChI is InChI=1S/C24H16Cl2N4O/c25-14-16-6-8-17(9-7-16)22-28-23(31)21-24(30(22)20-12-10-18(26)11-13-20)29(15-27-21)19-4-2-1-3-5-19/h1-13,15H,14H2. The van der Waals surface area contributed by atoms with Crippen LogP contribution in [0.4, 0.5) is 0 Å². The van der Waals surface area contributed by atoms with Crippen molar-refractivity contribution in [1.82, 2.24) is 19.1 Å². The summed E-state index contributed by atoms with van der Waals surface area (Å²) < 4.78 is 3.83. The van der Waals surface area contributed by atoms with Crippen molar-refractivity contribution in [1.29, 1.82) is 0 Å². The van der Waals surface area contributed by atoms with Crippen LogP contribution >= 0.6 is 23.2 Å². The number of aromatic nitrogens is 4. The van der Waals surface area contributed by atoms with Gasteiger partial charge in [-0.2, -0.15) is 4.98 Å². The Morgan fingerprint density at radius 3 is 2.23 bits per heavy atom. The predicted molar refractivity (Wildman–Crippen MR) is 124 cm³/mol. The second kappa shape index (κ2) is 8.02. The van der Waals surface area contributed by atoms with Crippen LogP contribution in [0.5, 0.6) is 0 Å². The first-order valence-electron chi connectivity index (χ1n) is 9.62. The molecule has 0 aliphatic rings. The van der Waals surface area contributed by atoms with Crippen LogP contribution in [0.2, 0.25) is 5.02 Å². The van der Waals surface area contributed by atoms with E-state index in [1.165, 1.54) is 0 Å². The van der Waals surface area contributed by atoms with Gasteiger partial charge in [-0.05, 0) is 42.0 Å². The number of fused-ring (bicyclic) bond motifs is 1. The monoisotopic (exact) mass is 446 g/mol. The minimum absolute atomic E-state index is 0.292. The Kier molecular flexibility index (Phi) is 5.06. The molecular formula is C24H16Cl2N4O. The van der Waals surface area contributed by atoms with Gasteiger partial charge in [0.25, 0.3) is 0 Å². The van der Waals surface area contributed by atoms with Gasteiger partial charge >= 0.3 is 5.56 Å². The smallest absolute Gasteiger partial charge is 0.284 e. The van der Waals surface area contributed by atoms with E-state index in [1.54, 1.807) is 6.33 Å². The SMILES string of the molecule is O=c1nc(-c2ccc(CCl)cc2)n(-c2ccc(Cl)cc2)c2c1ncn2-c1ccccc1. The van der Waals surface area contributed by atoms with Crippen molar-refractivity contribution in [2.24, 2.45) is 0 Å². The molecule has 5 nitrogen and oxygen atoms in total. The molecule has 31 heavy (non-hydrogen) atoms. The molecule has 152 valence electrons. The number of alkyl halides is 1. The van der Waals surface area contributed by atoms with Gasteiger partial charge in [0.15, 0.2) is 11.2 Å². The van der Waals surface area contributed by atoms with Crippen molar-refractivity contribution < 1.29 is 0 Å². The van der Waals surface area contributed by atoms with Gasteiger partial charge in [-0.1, -0.05) is 54.1 Å². The van der Waals surface area contributed by atoms with Crippen LogP contribution in [0.25, 0.3) is 33.9 Å². The van der Waals surface area contributed by atoms with Crippen LogP contribution in [-0.2, 0) is 5.88 Å². The van der Waals surface area contributed by atoms with Gasteiger partial charge in [-0.15, -0.1) is 11.6 Å². The van der Waals surface area contributed by atoms with Gasteiger partial charge in [-0.3, -0.25) is 13.9 Å². The summed E-state index contributed by atoms with van der Waals surface area (Å²) in [7, 11) is 0. The second-order valence-electron chi connectivity index (χ2n) is 7.01. The molecule has 0 fully saturated rings. The molecule has 7 heteroatoms. The van der Waals surface area contributed by atoms with Gasteiger partial charge < -0.3 is 0 Å². The van der Waals surface area contributed by atoms with E-state index in [0.29, 0.717) is 27.9 Å². The quantitative estimate of drug-likeness (QED) is 0.336. The fourth-order valence-electron chi connectivity index (χ4n) is 3.55. The van der Waals surface area contributed by atoms with Gasteiger partial charge in [0, 0.05) is 27.8 Å². The van der Waals surface area contributed by atoms with Crippen molar-refractivity contribution in [3.63, 3.8) is 0 Å². The number of halogens is 2. The van der Waals surface area contributed by atoms with Crippen LogP contribution in [0.3, 0.4) is 0 Å². The lowest BCUT2D eigenvalue weighted by Crippen LogP contribution is -2.17. The minimum atomic E-state index is -0.383. The first kappa shape index (κ1) is 19.5. The molecular weight excluding hydrogens is 431 g/mol. The summed E-state index contributed by atoms with van der Waals surface area (Å²) in [6.07, 6.45) is 1.65. The maximum atomic E-state index is 12.9. The molecule has 0 atom stereocenters. The molecule has 0 aliphatic carbocycles. The summed E-state index contributed by atoms with van der Waals surface area (Å²) >= 11 is 12.1. The largest absolute Gasteiger partial charge is 0.301 e. The van der Waals surface area contributed by atoms with Crippen molar-refractivity contribution in [3.05, 3.63) is 106 Å². The van der Waals surface area contributed by atoms with E-state index in [2.05, 4.69) is 9.97 Å². The fourth-order valence-corrected chi connectivity index (χ4v) is 3.86. The molecule has 5 rings (SSSR count). The summed E-state index contributed by atoms with van der Waals surface area (Å²) in [5, 5.41) is 0.624. The Morgan fingerprint density at radius 1 is 0.839 bits per heavy atom. The zero-order valence-electron chi connectivity index (χ0n) is 16.2. The van der Waals surface area contributed by atoms with Crippen LogP contribution in [0, 0.1) is 0 Å². The Morgan fingerprint density at radius 2 is 1.55 bits per heavy atom. The molecule has 0 N–H and O–H groups in total. The number of hydrogen-bond donors (Lipinski definition) is 0. The minimum Gasteiger partial charge on any atom is -0.284 e. The average molecular weight is 447 g/mol. The van der Waals surface area contributed by atoms with E-state index in [9.17, 15) is 4.79 Å². The highest BCUT2D eigenvalue weighted by Gasteiger charge is 2.19. The highest BCUT2D eigenvalue weighted by Crippen LogP contribution is 2.27. The van der Waals surface area contributed by atoms with E-state index in [0.717, 1.165) is 22.5 Å². The van der Waals surface area contributed by atoms with Gasteiger partial charge in [0.2, 0.25) is 0 Å². The van der Waals surface area contributed by atoms with Crippen LogP contribution in [-0.4, -0.2) is 19.1 Å². The Balaban J connectivity index is 1.89. The lowest BCUT2D eigenvalue weighted by molar-refractivity contribution is 0.969. The van der Waals surface area contributed by atoms with Gasteiger partial charge in [0.05, 0.1) is 0 Å². The van der Waals surface area contributed by atoms with Crippen molar-refractivity contribution in [3.8, 4) is 22.8 Å². The molecule has 2 aromatic heterocycles. The Hall–Kier alpha value is -3.41. The summed E-state index contributed by atoms with van der Waals surface area (Å²) in [6.45, 7) is 0. The number of rotatable bonds is 4. The normalized spacial score (nSPS) is 11.2. The predicted octanol–water partition coefficient (Wildman–Crippen LogP) is 5.63. The first-order chi connectivity index (χ1) is 15.2. The second-order valence-corrected chi connectivity index (χ2v) is 7.71. The Labute approximate surface area is 188 Å². The molecule has 0 radical (unpaired) electrons. The van der Waals surface area contributed by atoms with E-state index in [1.807, 2.05) is 88.0 Å². The third-order valence-corrected chi connectivity index (χ3v) is 5.62. The molecule has 5 aromatic rings. The molecule has 2 heterocycles. The molecule has 0 unspecified atom stereocenters. The third kappa shape index (κ3) is 3.52. The molecule has 0 aliphatic heterocycles. The van der Waals surface area contributed by atoms with Crippen molar-refractivity contribution in [2.45, 2.75) is 5.88 Å². The van der Waals surface area contributed by atoms with E-state index in [4.69, 9.17) is 23.2 Å². The fraction of sp³-hybridized carbons (Fsp3) is 0.0417. The van der Waals surface area contributed by atoms with E-state index < -0.39 is 0 Å². The maximum absolute atomic E-state index is 12.9. The highest BCUT2D eigenvalue weighted by atomic mass is 35.5. The molecule has 0 saturated heterocycles. The summed E-state index contributed by atoms with van der Waals surface area (Å²) in [5.74, 6) is 0.927. The number of para-hydroxylation sites is 1. The van der Waals surface area contributed by atoms with E-state index in [-0.39, 0.29) is 5.56 Å². The lowest BCUT2D eigenvalue weighted by Gasteiger charge is -2.17. The van der Waals surface area contributed by atoms with Gasteiger partial charge in [-0.25, -0.2) is 4.98 Å². The van der Waals surface area contributed by atoms with Crippen molar-refractivity contribution in [2.75, 3.05) is 0 Å². The van der Waals surface area contributed by atoms with Crippen LogP contribution in [0.1, 0.15) is 5.56 Å². The average Bonchev–Trinajstić information content (AvgIpc) is 3.26. The molecule has 0 amide bonds. The topological polar surface area (TPSA) is 52.7 Å². The number of nitrogens with zero attached hydrogens (tertiary/aromatic N) is 4. The summed E-state index contributed by atoms with van der Waals surface area (Å²) in [4.78, 5) is 21.7. The van der Waals surface area contributed by atoms with Crippen LogP contribution < -0.4 is 5.56 Å².